The Morgan fingerprint density at radius 2 is 2.06 bits per heavy atom. The van der Waals surface area contributed by atoms with Gasteiger partial charge in [0.15, 0.2) is 0 Å². The standard InChI is InChI=1S/C9H21BN2O3Si/c1-16(2,3)7-6-15-8-12-9(4-5-11)10(13)14/h5,11,13-14H,4,6-8H2,1-3H3. The van der Waals surface area contributed by atoms with Gasteiger partial charge in [-0.1, -0.05) is 19.6 Å². The zero-order valence-corrected chi connectivity index (χ0v) is 11.2. The van der Waals surface area contributed by atoms with E-state index in [1.165, 1.54) is 0 Å². The van der Waals surface area contributed by atoms with Gasteiger partial charge in [0.05, 0.1) is 5.61 Å². The highest BCUT2D eigenvalue weighted by molar-refractivity contribution is 6.80. The van der Waals surface area contributed by atoms with Crippen LogP contribution in [0.3, 0.4) is 0 Å². The van der Waals surface area contributed by atoms with Crippen molar-refractivity contribution in [3.8, 4) is 0 Å². The molecule has 0 radical (unpaired) electrons. The molecule has 0 aliphatic heterocycles. The van der Waals surface area contributed by atoms with Crippen molar-refractivity contribution < 1.29 is 14.8 Å². The Bertz CT molecular complexity index is 241. The molecule has 0 rings (SSSR count). The molecule has 0 bridgehead atoms. The fourth-order valence-corrected chi connectivity index (χ4v) is 1.68. The van der Waals surface area contributed by atoms with Crippen molar-refractivity contribution in [3.05, 3.63) is 0 Å². The third-order valence-corrected chi connectivity index (χ3v) is 3.67. The lowest BCUT2D eigenvalue weighted by Gasteiger charge is -2.14. The molecule has 0 aromatic carbocycles. The van der Waals surface area contributed by atoms with Crippen LogP contribution in [0, 0.1) is 5.41 Å². The van der Waals surface area contributed by atoms with Gasteiger partial charge in [0.25, 0.3) is 0 Å². The maximum atomic E-state index is 8.90. The van der Waals surface area contributed by atoms with E-state index in [1.807, 2.05) is 0 Å². The number of aliphatic imine (C=N–C) groups is 1. The quantitative estimate of drug-likeness (QED) is 0.335. The largest absolute Gasteiger partial charge is 0.503 e. The molecule has 7 heteroatoms. The van der Waals surface area contributed by atoms with Crippen LogP contribution in [0.5, 0.6) is 0 Å². The Hall–Kier alpha value is -0.498. The molecule has 3 N–H and O–H groups in total. The summed E-state index contributed by atoms with van der Waals surface area (Å²) in [5.74, 6) is 0. The van der Waals surface area contributed by atoms with E-state index < -0.39 is 15.2 Å². The van der Waals surface area contributed by atoms with E-state index in [0.29, 0.717) is 6.61 Å². The predicted octanol–water partition coefficient (Wildman–Crippen LogP) is 0.791. The first-order chi connectivity index (χ1) is 7.37. The van der Waals surface area contributed by atoms with E-state index in [-0.39, 0.29) is 18.8 Å². The molecular weight excluding hydrogens is 223 g/mol. The van der Waals surface area contributed by atoms with Gasteiger partial charge >= 0.3 is 7.12 Å². The van der Waals surface area contributed by atoms with Gasteiger partial charge in [-0.3, -0.25) is 4.99 Å². The second-order valence-corrected chi connectivity index (χ2v) is 10.4. The molecule has 0 aromatic heterocycles. The third kappa shape index (κ3) is 8.78. The van der Waals surface area contributed by atoms with Crippen LogP contribution in [0.1, 0.15) is 6.42 Å². The van der Waals surface area contributed by atoms with Crippen LogP contribution in [-0.4, -0.2) is 50.4 Å². The Balaban J connectivity index is 3.83. The van der Waals surface area contributed by atoms with Gasteiger partial charge in [-0.05, 0) is 6.04 Å². The molecule has 0 saturated carbocycles. The number of hydrogen-bond acceptors (Lipinski definition) is 5. The molecule has 0 spiro atoms. The van der Waals surface area contributed by atoms with Crippen molar-refractivity contribution in [2.45, 2.75) is 32.1 Å². The maximum absolute atomic E-state index is 8.90. The van der Waals surface area contributed by atoms with E-state index >= 15 is 0 Å². The highest BCUT2D eigenvalue weighted by atomic mass is 28.3. The average Bonchev–Trinajstić information content (AvgIpc) is 2.13. The zero-order valence-electron chi connectivity index (χ0n) is 10.2. The lowest BCUT2D eigenvalue weighted by Crippen LogP contribution is -2.26. The molecule has 16 heavy (non-hydrogen) atoms. The van der Waals surface area contributed by atoms with E-state index in [1.54, 1.807) is 0 Å². The number of hydrogen-bond donors (Lipinski definition) is 3. The molecular formula is C9H21BN2O3Si. The zero-order chi connectivity index (χ0) is 12.6. The monoisotopic (exact) mass is 244 g/mol. The third-order valence-electron chi connectivity index (χ3n) is 1.96. The molecule has 0 amide bonds. The molecule has 0 atom stereocenters. The second-order valence-electron chi connectivity index (χ2n) is 4.78. The van der Waals surface area contributed by atoms with Crippen molar-refractivity contribution in [2.75, 3.05) is 13.3 Å². The summed E-state index contributed by atoms with van der Waals surface area (Å²) in [5, 5.41) is 24.7. The Kier molecular flexibility index (Phi) is 7.48. The fourth-order valence-electron chi connectivity index (χ4n) is 0.928. The fraction of sp³-hybridized carbons (Fsp3) is 0.778. The number of ether oxygens (including phenoxy) is 1. The van der Waals surface area contributed by atoms with Crippen LogP contribution < -0.4 is 0 Å². The van der Waals surface area contributed by atoms with Crippen LogP contribution in [0.15, 0.2) is 4.99 Å². The predicted molar refractivity (Wildman–Crippen MR) is 70.0 cm³/mol. The van der Waals surface area contributed by atoms with Gasteiger partial charge in [0.1, 0.15) is 6.73 Å². The molecule has 0 saturated heterocycles. The van der Waals surface area contributed by atoms with Crippen LogP contribution in [0.25, 0.3) is 0 Å². The number of nitrogens with zero attached hydrogens (tertiary/aromatic N) is 1. The maximum Gasteiger partial charge on any atom is 0.503 e. The van der Waals surface area contributed by atoms with Crippen LogP contribution in [0.2, 0.25) is 25.7 Å². The first-order valence-corrected chi connectivity index (χ1v) is 9.03. The molecule has 0 aliphatic rings. The van der Waals surface area contributed by atoms with Gasteiger partial charge in [0, 0.05) is 27.3 Å². The summed E-state index contributed by atoms with van der Waals surface area (Å²) in [6, 6.07) is 1.06. The van der Waals surface area contributed by atoms with Crippen molar-refractivity contribution in [2.24, 2.45) is 4.99 Å². The highest BCUT2D eigenvalue weighted by Gasteiger charge is 2.15. The van der Waals surface area contributed by atoms with E-state index in [9.17, 15) is 0 Å². The van der Waals surface area contributed by atoms with Gasteiger partial charge in [-0.2, -0.15) is 0 Å². The van der Waals surface area contributed by atoms with Gasteiger partial charge in [-0.15, -0.1) is 0 Å². The first kappa shape index (κ1) is 15.5. The van der Waals surface area contributed by atoms with E-state index in [0.717, 1.165) is 12.3 Å². The lowest BCUT2D eigenvalue weighted by molar-refractivity contribution is 0.155. The normalized spacial score (nSPS) is 12.7. The van der Waals surface area contributed by atoms with Crippen molar-refractivity contribution in [3.63, 3.8) is 0 Å². The number of nitrogens with one attached hydrogen (secondary N) is 1. The van der Waals surface area contributed by atoms with Gasteiger partial charge in [-0.25, -0.2) is 0 Å². The van der Waals surface area contributed by atoms with Crippen molar-refractivity contribution >= 4 is 27.0 Å². The molecule has 0 aromatic rings. The summed E-state index contributed by atoms with van der Waals surface area (Å²) >= 11 is 0. The van der Waals surface area contributed by atoms with Crippen molar-refractivity contribution in [1.29, 1.82) is 5.41 Å². The van der Waals surface area contributed by atoms with Crippen LogP contribution in [-0.2, 0) is 4.74 Å². The lowest BCUT2D eigenvalue weighted by atomic mass is 9.81. The minimum atomic E-state index is -1.60. The topological polar surface area (TPSA) is 85.9 Å². The number of rotatable bonds is 8. The van der Waals surface area contributed by atoms with Crippen LogP contribution in [0.4, 0.5) is 0 Å². The minimum absolute atomic E-state index is 0.130. The first-order valence-electron chi connectivity index (χ1n) is 5.33. The van der Waals surface area contributed by atoms with E-state index in [4.69, 9.17) is 20.2 Å². The Labute approximate surface area is 98.2 Å². The molecule has 92 valence electrons. The minimum Gasteiger partial charge on any atom is -0.422 e. The van der Waals surface area contributed by atoms with E-state index in [2.05, 4.69) is 24.6 Å². The molecule has 0 fully saturated rings. The molecule has 0 unspecified atom stereocenters. The Morgan fingerprint density at radius 3 is 2.50 bits per heavy atom. The molecule has 5 nitrogen and oxygen atoms in total. The Morgan fingerprint density at radius 1 is 1.44 bits per heavy atom. The smallest absolute Gasteiger partial charge is 0.422 e. The van der Waals surface area contributed by atoms with Gasteiger partial charge < -0.3 is 20.2 Å². The highest BCUT2D eigenvalue weighted by Crippen LogP contribution is 2.07. The summed E-state index contributed by atoms with van der Waals surface area (Å²) in [6.07, 6.45) is 1.23. The van der Waals surface area contributed by atoms with Gasteiger partial charge in [0.2, 0.25) is 0 Å². The molecule has 0 heterocycles. The molecule has 0 aliphatic carbocycles. The van der Waals surface area contributed by atoms with Crippen LogP contribution >= 0.6 is 0 Å². The summed E-state index contributed by atoms with van der Waals surface area (Å²) in [5.41, 5.74) is 0.169. The SMILES string of the molecule is C[Si](C)(C)CCOCN=C(CC=N)B(O)O. The average molecular weight is 244 g/mol. The summed E-state index contributed by atoms with van der Waals surface area (Å²) in [7, 11) is -2.68. The van der Waals surface area contributed by atoms with Crippen molar-refractivity contribution in [1.82, 2.24) is 0 Å². The summed E-state index contributed by atoms with van der Waals surface area (Å²) < 4.78 is 5.29. The summed E-state index contributed by atoms with van der Waals surface area (Å²) in [4.78, 5) is 3.89. The summed E-state index contributed by atoms with van der Waals surface area (Å²) in [6.45, 7) is 7.57. The second kappa shape index (κ2) is 7.72.